The molecule has 1 fully saturated rings. The summed E-state index contributed by atoms with van der Waals surface area (Å²) in [5.41, 5.74) is 5.01. The molecule has 122 valence electrons. The van der Waals surface area contributed by atoms with E-state index in [1.807, 2.05) is 0 Å². The average molecular weight is 357 g/mol. The quantitative estimate of drug-likeness (QED) is 0.908. The molecule has 0 bridgehead atoms. The van der Waals surface area contributed by atoms with Crippen LogP contribution in [0, 0.1) is 0 Å². The molecule has 1 amide bonds. The molecular formula is C14H14Cl2N4O3. The van der Waals surface area contributed by atoms with Crippen molar-refractivity contribution in [2.75, 3.05) is 0 Å². The van der Waals surface area contributed by atoms with E-state index in [4.69, 9.17) is 38.4 Å². The SMILES string of the molecule is NC(=O)OC1CCC(Cn2cncn2)(c2ccc(Cl)cc2Cl)O1. The Morgan fingerprint density at radius 3 is 3.00 bits per heavy atom. The minimum Gasteiger partial charge on any atom is -0.420 e. The summed E-state index contributed by atoms with van der Waals surface area (Å²) in [5, 5.41) is 5.10. The predicted molar refractivity (Wildman–Crippen MR) is 82.9 cm³/mol. The van der Waals surface area contributed by atoms with Crippen LogP contribution < -0.4 is 5.73 Å². The van der Waals surface area contributed by atoms with Gasteiger partial charge in [-0.05, 0) is 18.6 Å². The van der Waals surface area contributed by atoms with E-state index in [-0.39, 0.29) is 0 Å². The first kappa shape index (κ1) is 16.0. The Hall–Kier alpha value is -1.83. The fraction of sp³-hybridized carbons (Fsp3) is 0.357. The minimum absolute atomic E-state index is 0.368. The number of aromatic nitrogens is 3. The molecule has 1 aliphatic heterocycles. The first-order valence-corrected chi connectivity index (χ1v) is 7.66. The molecule has 0 radical (unpaired) electrons. The zero-order valence-electron chi connectivity index (χ0n) is 12.0. The maximum Gasteiger partial charge on any atom is 0.406 e. The van der Waals surface area contributed by atoms with Gasteiger partial charge in [-0.2, -0.15) is 5.10 Å². The van der Waals surface area contributed by atoms with Gasteiger partial charge in [-0.3, -0.25) is 0 Å². The summed E-state index contributed by atoms with van der Waals surface area (Å²) in [5.74, 6) is 0. The highest BCUT2D eigenvalue weighted by molar-refractivity contribution is 6.35. The number of nitrogens with two attached hydrogens (primary N) is 1. The normalized spacial score (nSPS) is 23.8. The second-order valence-corrected chi connectivity index (χ2v) is 6.08. The lowest BCUT2D eigenvalue weighted by atomic mass is 9.90. The van der Waals surface area contributed by atoms with Crippen LogP contribution in [-0.4, -0.2) is 27.1 Å². The number of benzene rings is 1. The third-order valence-corrected chi connectivity index (χ3v) is 4.24. The molecule has 0 saturated carbocycles. The lowest BCUT2D eigenvalue weighted by molar-refractivity contribution is -0.148. The van der Waals surface area contributed by atoms with Crippen LogP contribution in [0.5, 0.6) is 0 Å². The van der Waals surface area contributed by atoms with Gasteiger partial charge in [0, 0.05) is 22.0 Å². The van der Waals surface area contributed by atoms with E-state index in [0.717, 1.165) is 5.56 Å². The molecule has 3 rings (SSSR count). The maximum absolute atomic E-state index is 11.0. The van der Waals surface area contributed by atoms with Crippen LogP contribution in [0.1, 0.15) is 18.4 Å². The van der Waals surface area contributed by atoms with Crippen LogP contribution in [0.2, 0.25) is 10.0 Å². The van der Waals surface area contributed by atoms with E-state index >= 15 is 0 Å². The van der Waals surface area contributed by atoms with Gasteiger partial charge in [-0.15, -0.1) is 0 Å². The zero-order chi connectivity index (χ0) is 16.4. The number of nitrogens with zero attached hydrogens (tertiary/aromatic N) is 3. The van der Waals surface area contributed by atoms with E-state index in [1.54, 1.807) is 29.2 Å². The Morgan fingerprint density at radius 1 is 1.52 bits per heavy atom. The van der Waals surface area contributed by atoms with Crippen molar-refractivity contribution in [2.45, 2.75) is 31.3 Å². The number of ether oxygens (including phenoxy) is 2. The van der Waals surface area contributed by atoms with Gasteiger partial charge in [-0.1, -0.05) is 29.3 Å². The molecule has 2 unspecified atom stereocenters. The molecule has 1 aromatic carbocycles. The molecule has 1 aromatic heterocycles. The van der Waals surface area contributed by atoms with Crippen molar-refractivity contribution in [3.8, 4) is 0 Å². The number of primary amides is 1. The summed E-state index contributed by atoms with van der Waals surface area (Å²) >= 11 is 12.3. The third-order valence-electron chi connectivity index (χ3n) is 3.69. The van der Waals surface area contributed by atoms with Crippen molar-refractivity contribution in [3.63, 3.8) is 0 Å². The van der Waals surface area contributed by atoms with Gasteiger partial charge in [0.05, 0.1) is 6.54 Å². The molecule has 0 spiro atoms. The standard InChI is InChI=1S/C14H14Cl2N4O3/c15-9-1-2-10(11(16)5-9)14(6-20-8-18-7-19-20)4-3-12(23-14)22-13(17)21/h1-2,5,7-8,12H,3-4,6H2,(H2,17,21). The number of hydrogen-bond acceptors (Lipinski definition) is 5. The predicted octanol–water partition coefficient (Wildman–Crippen LogP) is 2.71. The van der Waals surface area contributed by atoms with E-state index in [1.165, 1.54) is 6.33 Å². The zero-order valence-corrected chi connectivity index (χ0v) is 13.5. The molecule has 2 aromatic rings. The molecule has 0 aliphatic carbocycles. The third kappa shape index (κ3) is 3.41. The number of amides is 1. The van der Waals surface area contributed by atoms with E-state index in [0.29, 0.717) is 29.4 Å². The Bertz CT molecular complexity index is 710. The first-order valence-electron chi connectivity index (χ1n) is 6.90. The molecule has 2 heterocycles. The van der Waals surface area contributed by atoms with Crippen molar-refractivity contribution in [1.29, 1.82) is 0 Å². The summed E-state index contributed by atoms with van der Waals surface area (Å²) in [6.07, 6.45) is 2.47. The van der Waals surface area contributed by atoms with Gasteiger partial charge >= 0.3 is 6.09 Å². The Morgan fingerprint density at radius 2 is 2.35 bits per heavy atom. The van der Waals surface area contributed by atoms with E-state index in [9.17, 15) is 4.79 Å². The van der Waals surface area contributed by atoms with Crippen molar-refractivity contribution >= 4 is 29.3 Å². The van der Waals surface area contributed by atoms with Crippen LogP contribution in [0.15, 0.2) is 30.9 Å². The summed E-state index contributed by atoms with van der Waals surface area (Å²) in [6, 6.07) is 5.18. The number of carbonyl (C=O) groups excluding carboxylic acids is 1. The molecule has 2 atom stereocenters. The summed E-state index contributed by atoms with van der Waals surface area (Å²) in [4.78, 5) is 14.9. The van der Waals surface area contributed by atoms with Crippen molar-refractivity contribution in [1.82, 2.24) is 14.8 Å². The van der Waals surface area contributed by atoms with Gasteiger partial charge in [0.1, 0.15) is 18.3 Å². The Kier molecular flexibility index (Phi) is 4.43. The number of rotatable bonds is 4. The second-order valence-electron chi connectivity index (χ2n) is 5.23. The molecular weight excluding hydrogens is 343 g/mol. The maximum atomic E-state index is 11.0. The van der Waals surface area contributed by atoms with Crippen molar-refractivity contribution in [3.05, 3.63) is 46.5 Å². The topological polar surface area (TPSA) is 92.3 Å². The smallest absolute Gasteiger partial charge is 0.406 e. The molecule has 9 heteroatoms. The summed E-state index contributed by atoms with van der Waals surface area (Å²) in [6.45, 7) is 0.368. The largest absolute Gasteiger partial charge is 0.420 e. The first-order chi connectivity index (χ1) is 11.0. The van der Waals surface area contributed by atoms with Crippen LogP contribution in [0.3, 0.4) is 0 Å². The van der Waals surface area contributed by atoms with Crippen LogP contribution in [-0.2, 0) is 21.6 Å². The summed E-state index contributed by atoms with van der Waals surface area (Å²) < 4.78 is 12.6. The fourth-order valence-corrected chi connectivity index (χ4v) is 3.35. The highest BCUT2D eigenvalue weighted by atomic mass is 35.5. The highest BCUT2D eigenvalue weighted by Gasteiger charge is 2.45. The lowest BCUT2D eigenvalue weighted by Gasteiger charge is -2.30. The average Bonchev–Trinajstić information content (AvgIpc) is 3.09. The van der Waals surface area contributed by atoms with Crippen molar-refractivity contribution in [2.24, 2.45) is 5.73 Å². The lowest BCUT2D eigenvalue weighted by Crippen LogP contribution is -2.34. The minimum atomic E-state index is -0.881. The van der Waals surface area contributed by atoms with Crippen molar-refractivity contribution < 1.29 is 14.3 Å². The second kappa shape index (κ2) is 6.35. The van der Waals surface area contributed by atoms with Gasteiger partial charge in [0.2, 0.25) is 6.29 Å². The summed E-state index contributed by atoms with van der Waals surface area (Å²) in [7, 11) is 0. The highest BCUT2D eigenvalue weighted by Crippen LogP contribution is 2.44. The molecule has 2 N–H and O–H groups in total. The number of carbonyl (C=O) groups is 1. The van der Waals surface area contributed by atoms with E-state index < -0.39 is 18.0 Å². The number of hydrogen-bond donors (Lipinski definition) is 1. The van der Waals surface area contributed by atoms with E-state index in [2.05, 4.69) is 10.1 Å². The fourth-order valence-electron chi connectivity index (χ4n) is 2.77. The number of halogens is 2. The van der Waals surface area contributed by atoms with Crippen LogP contribution in [0.25, 0.3) is 0 Å². The van der Waals surface area contributed by atoms with Crippen LogP contribution in [0.4, 0.5) is 4.79 Å². The van der Waals surface area contributed by atoms with Crippen LogP contribution >= 0.6 is 23.2 Å². The molecule has 7 nitrogen and oxygen atoms in total. The van der Waals surface area contributed by atoms with Gasteiger partial charge in [0.25, 0.3) is 0 Å². The van der Waals surface area contributed by atoms with Gasteiger partial charge < -0.3 is 15.2 Å². The van der Waals surface area contributed by atoms with Gasteiger partial charge in [-0.25, -0.2) is 14.5 Å². The van der Waals surface area contributed by atoms with Gasteiger partial charge in [0.15, 0.2) is 0 Å². The Balaban J connectivity index is 1.95. The molecule has 1 saturated heterocycles. The molecule has 1 aliphatic rings. The Labute approximate surface area is 142 Å². The monoisotopic (exact) mass is 356 g/mol. The molecule has 23 heavy (non-hydrogen) atoms.